The van der Waals surface area contributed by atoms with Crippen LogP contribution >= 0.6 is 0 Å². The molecule has 2 aromatic heterocycles. The molecule has 7 heteroatoms. The number of aryl methyl sites for hydroxylation is 1. The maximum absolute atomic E-state index is 11.7. The Morgan fingerprint density at radius 3 is 2.89 bits per heavy atom. The fourth-order valence-corrected chi connectivity index (χ4v) is 1.38. The summed E-state index contributed by atoms with van der Waals surface area (Å²) in [6.07, 6.45) is 0. The Balaban J connectivity index is 1.95. The second-order valence-corrected chi connectivity index (χ2v) is 4.32. The van der Waals surface area contributed by atoms with E-state index >= 15 is 0 Å². The van der Waals surface area contributed by atoms with E-state index in [-0.39, 0.29) is 24.2 Å². The second-order valence-electron chi connectivity index (χ2n) is 4.32. The Kier molecular flexibility index (Phi) is 3.40. The van der Waals surface area contributed by atoms with Crippen molar-refractivity contribution in [2.75, 3.05) is 0 Å². The Labute approximate surface area is 104 Å². The minimum Gasteiger partial charge on any atom is -0.359 e. The summed E-state index contributed by atoms with van der Waals surface area (Å²) in [6, 6.07) is 1.76. The first-order valence-electron chi connectivity index (χ1n) is 5.69. The van der Waals surface area contributed by atoms with Crippen LogP contribution in [0.1, 0.15) is 47.7 Å². The maximum atomic E-state index is 11.7. The molecule has 7 nitrogen and oxygen atoms in total. The molecule has 18 heavy (non-hydrogen) atoms. The average Bonchev–Trinajstić information content (AvgIpc) is 2.94. The molecule has 0 aliphatic heterocycles. The van der Waals surface area contributed by atoms with Gasteiger partial charge in [0.1, 0.15) is 5.82 Å². The number of amides is 1. The van der Waals surface area contributed by atoms with E-state index in [1.54, 1.807) is 6.07 Å². The molecule has 1 amide bonds. The molecule has 0 saturated heterocycles. The van der Waals surface area contributed by atoms with Gasteiger partial charge in [-0.1, -0.05) is 19.0 Å². The molecular formula is C11H15N5O2. The molecule has 96 valence electrons. The standard InChI is InChI=1S/C11H15N5O2/c1-6(2)9-13-10(15-14-9)11(17)12-5-8-4-7(3)16-18-8/h4,6H,5H2,1-3H3,(H,12,17)(H,13,14,15). The number of nitrogens with zero attached hydrogens (tertiary/aromatic N) is 3. The third-order valence-corrected chi connectivity index (χ3v) is 2.35. The first-order valence-corrected chi connectivity index (χ1v) is 5.69. The number of aromatic amines is 1. The highest BCUT2D eigenvalue weighted by Gasteiger charge is 2.14. The maximum Gasteiger partial charge on any atom is 0.291 e. The fourth-order valence-electron chi connectivity index (χ4n) is 1.38. The first-order chi connectivity index (χ1) is 8.56. The molecule has 0 saturated carbocycles. The normalized spacial score (nSPS) is 10.9. The smallest absolute Gasteiger partial charge is 0.291 e. The number of aromatic nitrogens is 4. The summed E-state index contributed by atoms with van der Waals surface area (Å²) in [7, 11) is 0. The largest absolute Gasteiger partial charge is 0.359 e. The summed E-state index contributed by atoms with van der Waals surface area (Å²) < 4.78 is 4.98. The molecule has 0 bridgehead atoms. The van der Waals surface area contributed by atoms with Gasteiger partial charge in [-0.05, 0) is 6.92 Å². The van der Waals surface area contributed by atoms with Crippen LogP contribution in [0.4, 0.5) is 0 Å². The molecule has 0 aliphatic carbocycles. The van der Waals surface area contributed by atoms with Crippen LogP contribution in [0.3, 0.4) is 0 Å². The molecule has 0 aliphatic rings. The molecule has 0 spiro atoms. The predicted molar refractivity (Wildman–Crippen MR) is 62.9 cm³/mol. The van der Waals surface area contributed by atoms with Crippen LogP contribution in [0, 0.1) is 6.92 Å². The number of hydrogen-bond acceptors (Lipinski definition) is 5. The van der Waals surface area contributed by atoms with Crippen molar-refractivity contribution in [3.8, 4) is 0 Å². The van der Waals surface area contributed by atoms with Crippen LogP contribution in [-0.4, -0.2) is 26.2 Å². The highest BCUT2D eigenvalue weighted by atomic mass is 16.5. The van der Waals surface area contributed by atoms with Gasteiger partial charge in [0.2, 0.25) is 5.82 Å². The van der Waals surface area contributed by atoms with Crippen LogP contribution < -0.4 is 5.32 Å². The highest BCUT2D eigenvalue weighted by molar-refractivity contribution is 5.90. The minimum atomic E-state index is -0.341. The molecule has 2 N–H and O–H groups in total. The van der Waals surface area contributed by atoms with E-state index in [2.05, 4.69) is 25.7 Å². The van der Waals surface area contributed by atoms with Crippen molar-refractivity contribution in [2.24, 2.45) is 0 Å². The Morgan fingerprint density at radius 2 is 2.33 bits per heavy atom. The summed E-state index contributed by atoms with van der Waals surface area (Å²) in [6.45, 7) is 6.03. The molecule has 0 fully saturated rings. The second kappa shape index (κ2) is 4.99. The number of rotatable bonds is 4. The summed E-state index contributed by atoms with van der Waals surface area (Å²) in [5.41, 5.74) is 0.777. The lowest BCUT2D eigenvalue weighted by Crippen LogP contribution is -2.23. The highest BCUT2D eigenvalue weighted by Crippen LogP contribution is 2.07. The van der Waals surface area contributed by atoms with Crippen molar-refractivity contribution in [3.05, 3.63) is 29.2 Å². The molecule has 0 unspecified atom stereocenters. The average molecular weight is 249 g/mol. The van der Waals surface area contributed by atoms with Crippen LogP contribution in [0.2, 0.25) is 0 Å². The van der Waals surface area contributed by atoms with Gasteiger partial charge in [0, 0.05) is 12.0 Å². The van der Waals surface area contributed by atoms with Gasteiger partial charge in [-0.15, -0.1) is 5.10 Å². The van der Waals surface area contributed by atoms with Gasteiger partial charge in [0.05, 0.1) is 12.2 Å². The molecule has 2 rings (SSSR count). The minimum absolute atomic E-state index is 0.134. The summed E-state index contributed by atoms with van der Waals surface area (Å²) in [5.74, 6) is 1.29. The zero-order valence-electron chi connectivity index (χ0n) is 10.5. The Morgan fingerprint density at radius 1 is 1.56 bits per heavy atom. The lowest BCUT2D eigenvalue weighted by Gasteiger charge is -1.98. The van der Waals surface area contributed by atoms with Crippen molar-refractivity contribution in [1.29, 1.82) is 0 Å². The Hall–Kier alpha value is -2.18. The Bertz CT molecular complexity index is 543. The van der Waals surface area contributed by atoms with Crippen molar-refractivity contribution in [2.45, 2.75) is 33.2 Å². The number of carbonyl (C=O) groups is 1. The molecule has 0 radical (unpaired) electrons. The summed E-state index contributed by atoms with van der Waals surface area (Å²) in [5, 5.41) is 13.0. The molecule has 2 aromatic rings. The van der Waals surface area contributed by atoms with Gasteiger partial charge in [-0.25, -0.2) is 4.98 Å². The van der Waals surface area contributed by atoms with E-state index in [1.165, 1.54) is 0 Å². The van der Waals surface area contributed by atoms with E-state index in [9.17, 15) is 4.79 Å². The van der Waals surface area contributed by atoms with E-state index in [0.29, 0.717) is 11.6 Å². The lowest BCUT2D eigenvalue weighted by molar-refractivity contribution is 0.0937. The van der Waals surface area contributed by atoms with Crippen molar-refractivity contribution in [3.63, 3.8) is 0 Å². The summed E-state index contributed by atoms with van der Waals surface area (Å²) in [4.78, 5) is 15.8. The van der Waals surface area contributed by atoms with Gasteiger partial charge < -0.3 is 9.84 Å². The van der Waals surface area contributed by atoms with Crippen LogP contribution in [-0.2, 0) is 6.54 Å². The van der Waals surface area contributed by atoms with Gasteiger partial charge in [-0.3, -0.25) is 9.89 Å². The zero-order chi connectivity index (χ0) is 13.1. The van der Waals surface area contributed by atoms with Gasteiger partial charge >= 0.3 is 0 Å². The third kappa shape index (κ3) is 2.73. The van der Waals surface area contributed by atoms with Crippen LogP contribution in [0.25, 0.3) is 0 Å². The topological polar surface area (TPSA) is 96.7 Å². The molecular weight excluding hydrogens is 234 g/mol. The van der Waals surface area contributed by atoms with Crippen LogP contribution in [0.5, 0.6) is 0 Å². The number of carbonyl (C=O) groups excluding carboxylic acids is 1. The van der Waals surface area contributed by atoms with Gasteiger partial charge in [0.15, 0.2) is 5.76 Å². The monoisotopic (exact) mass is 249 g/mol. The number of H-pyrrole nitrogens is 1. The number of nitrogens with one attached hydrogen (secondary N) is 2. The first kappa shape index (κ1) is 12.3. The molecule has 0 aromatic carbocycles. The lowest BCUT2D eigenvalue weighted by atomic mass is 10.2. The fraction of sp³-hybridized carbons (Fsp3) is 0.455. The van der Waals surface area contributed by atoms with Crippen molar-refractivity contribution < 1.29 is 9.32 Å². The van der Waals surface area contributed by atoms with Crippen molar-refractivity contribution >= 4 is 5.91 Å². The number of hydrogen-bond donors (Lipinski definition) is 2. The van der Waals surface area contributed by atoms with Crippen molar-refractivity contribution in [1.82, 2.24) is 25.7 Å². The van der Waals surface area contributed by atoms with Gasteiger partial charge in [0.25, 0.3) is 5.91 Å². The van der Waals surface area contributed by atoms with E-state index in [4.69, 9.17) is 4.52 Å². The molecule has 2 heterocycles. The van der Waals surface area contributed by atoms with E-state index in [0.717, 1.165) is 5.69 Å². The van der Waals surface area contributed by atoms with E-state index in [1.807, 2.05) is 20.8 Å². The molecule has 0 atom stereocenters. The van der Waals surface area contributed by atoms with E-state index < -0.39 is 0 Å². The summed E-state index contributed by atoms with van der Waals surface area (Å²) >= 11 is 0. The third-order valence-electron chi connectivity index (χ3n) is 2.35. The van der Waals surface area contributed by atoms with Gasteiger partial charge in [-0.2, -0.15) is 0 Å². The zero-order valence-corrected chi connectivity index (χ0v) is 10.5. The van der Waals surface area contributed by atoms with Crippen LogP contribution in [0.15, 0.2) is 10.6 Å². The SMILES string of the molecule is Cc1cc(CNC(=O)c2n[nH]c(C(C)C)n2)on1. The predicted octanol–water partition coefficient (Wildman–Crippen LogP) is 1.15. The quantitative estimate of drug-likeness (QED) is 0.847.